The summed E-state index contributed by atoms with van der Waals surface area (Å²) in [5, 5.41) is 0. The SMILES string of the molecule is Cc1cccc(F)c1N1CCC(N2C(=O)C(Cc3ccccc3C(F)(F)F)C3=C2C(C)CC=C3)CC1. The minimum Gasteiger partial charge on any atom is -0.369 e. The largest absolute Gasteiger partial charge is 0.416 e. The molecule has 0 N–H and O–H groups in total. The van der Waals surface area contributed by atoms with E-state index in [4.69, 9.17) is 0 Å². The number of para-hydroxylation sites is 1. The lowest BCUT2D eigenvalue weighted by molar-refractivity contribution is -0.139. The molecule has 7 heteroatoms. The number of hydrogen-bond donors (Lipinski definition) is 0. The number of anilines is 1. The van der Waals surface area contributed by atoms with Crippen LogP contribution in [0.3, 0.4) is 0 Å². The van der Waals surface area contributed by atoms with Crippen LogP contribution in [0.2, 0.25) is 0 Å². The summed E-state index contributed by atoms with van der Waals surface area (Å²) in [6.07, 6.45) is 1.66. The van der Waals surface area contributed by atoms with Crippen molar-refractivity contribution in [2.75, 3.05) is 18.0 Å². The van der Waals surface area contributed by atoms with E-state index in [0.717, 1.165) is 29.3 Å². The monoisotopic (exact) mass is 498 g/mol. The topological polar surface area (TPSA) is 23.6 Å². The number of piperidine rings is 1. The molecule has 2 aromatic rings. The molecule has 2 aliphatic heterocycles. The van der Waals surface area contributed by atoms with Crippen molar-refractivity contribution < 1.29 is 22.4 Å². The van der Waals surface area contributed by atoms with Crippen LogP contribution in [0, 0.1) is 24.6 Å². The fourth-order valence-corrected chi connectivity index (χ4v) is 6.11. The number of carbonyl (C=O) groups is 1. The molecule has 0 saturated carbocycles. The van der Waals surface area contributed by atoms with E-state index in [-0.39, 0.29) is 35.7 Å². The van der Waals surface area contributed by atoms with Gasteiger partial charge in [0.2, 0.25) is 5.91 Å². The molecule has 2 heterocycles. The fourth-order valence-electron chi connectivity index (χ4n) is 6.11. The van der Waals surface area contributed by atoms with Crippen molar-refractivity contribution in [3.63, 3.8) is 0 Å². The third kappa shape index (κ3) is 4.33. The molecule has 1 fully saturated rings. The molecule has 0 bridgehead atoms. The van der Waals surface area contributed by atoms with Crippen LogP contribution in [0.1, 0.15) is 42.9 Å². The van der Waals surface area contributed by atoms with Gasteiger partial charge in [0.05, 0.1) is 17.2 Å². The summed E-state index contributed by atoms with van der Waals surface area (Å²) in [6, 6.07) is 10.5. The standard InChI is InChI=1S/C29H30F4N2O/c1-18-7-5-10-22-23(17-20-9-3-4-11-24(20)29(31,32)33)28(36)35(26(18)22)21-13-15-34(16-14-21)27-19(2)8-6-12-25(27)30/h3-6,8-12,18,21,23H,7,13-17H2,1-2H3. The average molecular weight is 499 g/mol. The minimum atomic E-state index is -4.47. The number of carbonyl (C=O) groups excluding carboxylic acids is 1. The van der Waals surface area contributed by atoms with E-state index in [1.54, 1.807) is 12.1 Å². The smallest absolute Gasteiger partial charge is 0.369 e. The first kappa shape index (κ1) is 24.6. The predicted molar refractivity (Wildman–Crippen MR) is 132 cm³/mol. The molecule has 2 atom stereocenters. The van der Waals surface area contributed by atoms with Gasteiger partial charge in [-0.15, -0.1) is 0 Å². The first-order valence-corrected chi connectivity index (χ1v) is 12.6. The highest BCUT2D eigenvalue weighted by Crippen LogP contribution is 2.44. The summed E-state index contributed by atoms with van der Waals surface area (Å²) in [5.41, 5.74) is 2.76. The summed E-state index contributed by atoms with van der Waals surface area (Å²) >= 11 is 0. The number of alkyl halides is 3. The van der Waals surface area contributed by atoms with Crippen LogP contribution in [0.25, 0.3) is 0 Å². The summed E-state index contributed by atoms with van der Waals surface area (Å²) < 4.78 is 55.5. The molecule has 0 spiro atoms. The van der Waals surface area contributed by atoms with E-state index in [9.17, 15) is 22.4 Å². The normalized spacial score (nSPS) is 23.0. The van der Waals surface area contributed by atoms with Crippen molar-refractivity contribution >= 4 is 11.6 Å². The summed E-state index contributed by atoms with van der Waals surface area (Å²) in [4.78, 5) is 17.8. The van der Waals surface area contributed by atoms with Crippen LogP contribution < -0.4 is 4.90 Å². The Morgan fingerprint density at radius 1 is 1.03 bits per heavy atom. The number of allylic oxidation sites excluding steroid dienone is 3. The Balaban J connectivity index is 1.41. The zero-order valence-electron chi connectivity index (χ0n) is 20.5. The quantitative estimate of drug-likeness (QED) is 0.440. The zero-order chi connectivity index (χ0) is 25.6. The van der Waals surface area contributed by atoms with Gasteiger partial charge >= 0.3 is 6.18 Å². The number of rotatable bonds is 4. The Hall–Kier alpha value is -3.09. The maximum absolute atomic E-state index is 14.5. The van der Waals surface area contributed by atoms with Gasteiger partial charge in [-0.1, -0.05) is 49.4 Å². The van der Waals surface area contributed by atoms with E-state index in [1.165, 1.54) is 18.2 Å². The third-order valence-electron chi connectivity index (χ3n) is 7.80. The highest BCUT2D eigenvalue weighted by molar-refractivity contribution is 5.89. The van der Waals surface area contributed by atoms with Gasteiger partial charge in [0.1, 0.15) is 5.82 Å². The van der Waals surface area contributed by atoms with Crippen LogP contribution >= 0.6 is 0 Å². The Morgan fingerprint density at radius 2 is 1.75 bits per heavy atom. The number of aryl methyl sites for hydroxylation is 1. The van der Waals surface area contributed by atoms with Gasteiger partial charge in [0, 0.05) is 30.7 Å². The molecule has 3 aliphatic rings. The number of halogens is 4. The molecule has 2 aromatic carbocycles. The van der Waals surface area contributed by atoms with Crippen LogP contribution in [-0.2, 0) is 17.4 Å². The Labute approximate surface area is 209 Å². The molecular formula is C29H30F4N2O. The molecule has 2 unspecified atom stereocenters. The van der Waals surface area contributed by atoms with E-state index in [0.29, 0.717) is 31.6 Å². The second-order valence-corrected chi connectivity index (χ2v) is 10.1. The van der Waals surface area contributed by atoms with Gasteiger partial charge < -0.3 is 9.80 Å². The molecule has 1 aliphatic carbocycles. The number of hydrogen-bond acceptors (Lipinski definition) is 2. The zero-order valence-corrected chi connectivity index (χ0v) is 20.5. The van der Waals surface area contributed by atoms with E-state index >= 15 is 0 Å². The van der Waals surface area contributed by atoms with Crippen LogP contribution in [-0.4, -0.2) is 29.9 Å². The lowest BCUT2D eigenvalue weighted by Gasteiger charge is -2.40. The first-order valence-electron chi connectivity index (χ1n) is 12.6. The molecular weight excluding hydrogens is 468 g/mol. The lowest BCUT2D eigenvalue weighted by atomic mass is 9.85. The Bertz CT molecular complexity index is 1200. The Kier molecular flexibility index (Phi) is 6.43. The van der Waals surface area contributed by atoms with Gasteiger partial charge in [-0.25, -0.2) is 4.39 Å². The maximum Gasteiger partial charge on any atom is 0.416 e. The fraction of sp³-hybridized carbons (Fsp3) is 0.414. The summed E-state index contributed by atoms with van der Waals surface area (Å²) in [7, 11) is 0. The Morgan fingerprint density at radius 3 is 2.44 bits per heavy atom. The summed E-state index contributed by atoms with van der Waals surface area (Å²) in [5.74, 6) is -0.876. The van der Waals surface area contributed by atoms with Crippen molar-refractivity contribution in [2.45, 2.75) is 51.7 Å². The van der Waals surface area contributed by atoms with Gasteiger partial charge in [0.25, 0.3) is 0 Å². The molecule has 0 aromatic heterocycles. The highest BCUT2D eigenvalue weighted by Gasteiger charge is 2.45. The van der Waals surface area contributed by atoms with Crippen molar-refractivity contribution in [3.05, 3.63) is 88.4 Å². The third-order valence-corrected chi connectivity index (χ3v) is 7.80. The lowest BCUT2D eigenvalue weighted by Crippen LogP contribution is -2.47. The number of nitrogens with zero attached hydrogens (tertiary/aromatic N) is 2. The van der Waals surface area contributed by atoms with Gasteiger partial charge in [-0.2, -0.15) is 13.2 Å². The summed E-state index contributed by atoms with van der Waals surface area (Å²) in [6.45, 7) is 5.20. The van der Waals surface area contributed by atoms with E-state index in [1.807, 2.05) is 34.9 Å². The van der Waals surface area contributed by atoms with Crippen LogP contribution in [0.4, 0.5) is 23.2 Å². The molecule has 190 valence electrons. The van der Waals surface area contributed by atoms with E-state index < -0.39 is 17.7 Å². The van der Waals surface area contributed by atoms with E-state index in [2.05, 4.69) is 6.92 Å². The maximum atomic E-state index is 14.5. The molecule has 1 saturated heterocycles. The highest BCUT2D eigenvalue weighted by atomic mass is 19.4. The minimum absolute atomic E-state index is 0.0220. The molecule has 5 rings (SSSR count). The molecule has 36 heavy (non-hydrogen) atoms. The van der Waals surface area contributed by atoms with Crippen LogP contribution in [0.15, 0.2) is 65.9 Å². The second kappa shape index (κ2) is 9.41. The van der Waals surface area contributed by atoms with Crippen molar-refractivity contribution in [2.24, 2.45) is 11.8 Å². The number of amides is 1. The van der Waals surface area contributed by atoms with Gasteiger partial charge in [-0.3, -0.25) is 4.79 Å². The van der Waals surface area contributed by atoms with Crippen molar-refractivity contribution in [3.8, 4) is 0 Å². The van der Waals surface area contributed by atoms with Crippen molar-refractivity contribution in [1.82, 2.24) is 4.90 Å². The van der Waals surface area contributed by atoms with Gasteiger partial charge in [-0.05, 0) is 61.4 Å². The average Bonchev–Trinajstić information content (AvgIpc) is 3.12. The van der Waals surface area contributed by atoms with Crippen LogP contribution in [0.5, 0.6) is 0 Å². The molecule has 3 nitrogen and oxygen atoms in total. The van der Waals surface area contributed by atoms with Crippen molar-refractivity contribution in [1.29, 1.82) is 0 Å². The number of benzene rings is 2. The second-order valence-electron chi connectivity index (χ2n) is 10.1. The first-order chi connectivity index (χ1) is 17.2. The predicted octanol–water partition coefficient (Wildman–Crippen LogP) is 6.67. The molecule has 0 radical (unpaired) electrons. The molecule has 1 amide bonds. The van der Waals surface area contributed by atoms with Gasteiger partial charge in [0.15, 0.2) is 0 Å².